The number of H-pyrrole nitrogens is 1. The van der Waals surface area contributed by atoms with E-state index in [1.807, 2.05) is 0 Å². The summed E-state index contributed by atoms with van der Waals surface area (Å²) < 4.78 is 5.60. The molecule has 0 amide bonds. The predicted octanol–water partition coefficient (Wildman–Crippen LogP) is 0.830. The molecule has 0 saturated carbocycles. The SMILES string of the molecule is CC1CCN(c2n[nH]c(C3CCCO3)n2)CC1N. The maximum atomic E-state index is 6.10. The summed E-state index contributed by atoms with van der Waals surface area (Å²) in [4.78, 5) is 6.72. The third-order valence-corrected chi connectivity index (χ3v) is 4.02. The van der Waals surface area contributed by atoms with Crippen LogP contribution in [-0.4, -0.2) is 40.9 Å². The van der Waals surface area contributed by atoms with Crippen molar-refractivity contribution in [1.29, 1.82) is 0 Å². The molecule has 6 nitrogen and oxygen atoms in total. The van der Waals surface area contributed by atoms with Gasteiger partial charge in [0.15, 0.2) is 5.82 Å². The van der Waals surface area contributed by atoms with E-state index in [0.29, 0.717) is 5.92 Å². The van der Waals surface area contributed by atoms with Gasteiger partial charge in [-0.25, -0.2) is 0 Å². The van der Waals surface area contributed by atoms with Gasteiger partial charge in [-0.05, 0) is 25.2 Å². The number of hydrogen-bond donors (Lipinski definition) is 2. The Labute approximate surface area is 107 Å². The Morgan fingerprint density at radius 1 is 1.44 bits per heavy atom. The highest BCUT2D eigenvalue weighted by Gasteiger charge is 2.27. The van der Waals surface area contributed by atoms with Crippen molar-refractivity contribution in [3.8, 4) is 0 Å². The molecular weight excluding hydrogens is 230 g/mol. The molecule has 3 atom stereocenters. The molecular formula is C12H21N5O. The standard InChI is InChI=1S/C12H21N5O/c1-8-4-5-17(7-9(8)13)12-14-11(15-16-12)10-3-2-6-18-10/h8-10H,2-7,13H2,1H3,(H,14,15,16). The number of ether oxygens (including phenoxy) is 1. The molecule has 0 aromatic carbocycles. The fraction of sp³-hybridized carbons (Fsp3) is 0.833. The van der Waals surface area contributed by atoms with Crippen LogP contribution in [0, 0.1) is 5.92 Å². The topological polar surface area (TPSA) is 80.1 Å². The number of rotatable bonds is 2. The van der Waals surface area contributed by atoms with Gasteiger partial charge in [-0.1, -0.05) is 6.92 Å². The van der Waals surface area contributed by atoms with Crippen molar-refractivity contribution in [3.05, 3.63) is 5.82 Å². The van der Waals surface area contributed by atoms with E-state index in [-0.39, 0.29) is 12.1 Å². The smallest absolute Gasteiger partial charge is 0.244 e. The summed E-state index contributed by atoms with van der Waals surface area (Å²) in [5, 5.41) is 7.30. The summed E-state index contributed by atoms with van der Waals surface area (Å²) >= 11 is 0. The van der Waals surface area contributed by atoms with E-state index in [1.54, 1.807) is 0 Å². The minimum Gasteiger partial charge on any atom is -0.370 e. The maximum absolute atomic E-state index is 6.10. The van der Waals surface area contributed by atoms with Gasteiger partial charge in [-0.15, -0.1) is 5.10 Å². The second kappa shape index (κ2) is 4.85. The largest absolute Gasteiger partial charge is 0.370 e. The van der Waals surface area contributed by atoms with Gasteiger partial charge < -0.3 is 15.4 Å². The molecule has 6 heteroatoms. The summed E-state index contributed by atoms with van der Waals surface area (Å²) in [7, 11) is 0. The van der Waals surface area contributed by atoms with Crippen molar-refractivity contribution >= 4 is 5.95 Å². The van der Waals surface area contributed by atoms with Crippen LogP contribution < -0.4 is 10.6 Å². The normalized spacial score (nSPS) is 33.0. The molecule has 18 heavy (non-hydrogen) atoms. The number of anilines is 1. The zero-order chi connectivity index (χ0) is 12.5. The van der Waals surface area contributed by atoms with E-state index in [1.165, 1.54) is 0 Å². The minimum absolute atomic E-state index is 0.101. The quantitative estimate of drug-likeness (QED) is 0.813. The third-order valence-electron chi connectivity index (χ3n) is 4.02. The molecule has 2 saturated heterocycles. The van der Waals surface area contributed by atoms with Crippen molar-refractivity contribution in [2.75, 3.05) is 24.6 Å². The molecule has 3 rings (SSSR count). The second-order valence-electron chi connectivity index (χ2n) is 5.40. The average molecular weight is 251 g/mol. The molecule has 2 fully saturated rings. The second-order valence-corrected chi connectivity index (χ2v) is 5.40. The van der Waals surface area contributed by atoms with Crippen LogP contribution in [0.15, 0.2) is 0 Å². The van der Waals surface area contributed by atoms with Crippen molar-refractivity contribution in [2.24, 2.45) is 11.7 Å². The van der Waals surface area contributed by atoms with Crippen LogP contribution in [0.4, 0.5) is 5.95 Å². The maximum Gasteiger partial charge on any atom is 0.244 e. The Bertz CT molecular complexity index is 401. The molecule has 2 aliphatic heterocycles. The lowest BCUT2D eigenvalue weighted by atomic mass is 9.95. The lowest BCUT2D eigenvalue weighted by Gasteiger charge is -2.34. The first kappa shape index (κ1) is 11.9. The molecule has 0 bridgehead atoms. The first-order chi connectivity index (χ1) is 8.74. The van der Waals surface area contributed by atoms with Crippen LogP contribution in [0.5, 0.6) is 0 Å². The molecule has 3 N–H and O–H groups in total. The summed E-state index contributed by atoms with van der Waals surface area (Å²) in [6.07, 6.45) is 3.34. The Kier molecular flexibility index (Phi) is 3.22. The number of nitrogens with zero attached hydrogens (tertiary/aromatic N) is 3. The van der Waals surface area contributed by atoms with Crippen molar-refractivity contribution < 1.29 is 4.74 Å². The number of piperidine rings is 1. The van der Waals surface area contributed by atoms with Crippen LogP contribution in [0.2, 0.25) is 0 Å². The average Bonchev–Trinajstić information content (AvgIpc) is 3.01. The molecule has 0 radical (unpaired) electrons. The Morgan fingerprint density at radius 2 is 2.33 bits per heavy atom. The molecule has 2 aliphatic rings. The molecule has 100 valence electrons. The van der Waals surface area contributed by atoms with Crippen molar-refractivity contribution in [2.45, 2.75) is 38.3 Å². The third kappa shape index (κ3) is 2.22. The lowest BCUT2D eigenvalue weighted by Crippen LogP contribution is -2.48. The van der Waals surface area contributed by atoms with Gasteiger partial charge in [-0.3, -0.25) is 5.10 Å². The highest BCUT2D eigenvalue weighted by Crippen LogP contribution is 2.27. The zero-order valence-electron chi connectivity index (χ0n) is 10.8. The van der Waals surface area contributed by atoms with E-state index >= 15 is 0 Å². The molecule has 3 heterocycles. The first-order valence-electron chi connectivity index (χ1n) is 6.78. The van der Waals surface area contributed by atoms with Crippen molar-refractivity contribution in [1.82, 2.24) is 15.2 Å². The van der Waals surface area contributed by atoms with Crippen LogP contribution in [-0.2, 0) is 4.74 Å². The summed E-state index contributed by atoms with van der Waals surface area (Å²) in [5.74, 6) is 2.20. The zero-order valence-corrected chi connectivity index (χ0v) is 10.8. The van der Waals surface area contributed by atoms with E-state index in [2.05, 4.69) is 27.0 Å². The van der Waals surface area contributed by atoms with Gasteiger partial charge in [0.1, 0.15) is 6.10 Å². The van der Waals surface area contributed by atoms with Crippen LogP contribution in [0.25, 0.3) is 0 Å². The highest BCUT2D eigenvalue weighted by molar-refractivity contribution is 5.30. The predicted molar refractivity (Wildman–Crippen MR) is 68.3 cm³/mol. The minimum atomic E-state index is 0.101. The molecule has 3 unspecified atom stereocenters. The van der Waals surface area contributed by atoms with Gasteiger partial charge in [0.05, 0.1) is 0 Å². The van der Waals surface area contributed by atoms with Crippen LogP contribution in [0.1, 0.15) is 38.1 Å². The van der Waals surface area contributed by atoms with Crippen LogP contribution >= 0.6 is 0 Å². The van der Waals surface area contributed by atoms with E-state index < -0.39 is 0 Å². The number of nitrogens with two attached hydrogens (primary N) is 1. The Hall–Kier alpha value is -1.14. The summed E-state index contributed by atoms with van der Waals surface area (Å²) in [6.45, 7) is 4.85. The molecule has 1 aromatic rings. The first-order valence-corrected chi connectivity index (χ1v) is 6.78. The monoisotopic (exact) mass is 251 g/mol. The molecule has 0 spiro atoms. The van der Waals surface area contributed by atoms with Gasteiger partial charge in [0.2, 0.25) is 5.95 Å². The Morgan fingerprint density at radius 3 is 3.06 bits per heavy atom. The van der Waals surface area contributed by atoms with Crippen LogP contribution in [0.3, 0.4) is 0 Å². The Balaban J connectivity index is 1.69. The van der Waals surface area contributed by atoms with Crippen molar-refractivity contribution in [3.63, 3.8) is 0 Å². The fourth-order valence-electron chi connectivity index (χ4n) is 2.62. The summed E-state index contributed by atoms with van der Waals surface area (Å²) in [6, 6.07) is 0.212. The number of aromatic nitrogens is 3. The fourth-order valence-corrected chi connectivity index (χ4v) is 2.62. The van der Waals surface area contributed by atoms with Gasteiger partial charge in [0.25, 0.3) is 0 Å². The van der Waals surface area contributed by atoms with Gasteiger partial charge >= 0.3 is 0 Å². The summed E-state index contributed by atoms with van der Waals surface area (Å²) in [5.41, 5.74) is 6.10. The van der Waals surface area contributed by atoms with E-state index in [9.17, 15) is 0 Å². The number of hydrogen-bond acceptors (Lipinski definition) is 5. The number of nitrogens with one attached hydrogen (secondary N) is 1. The van der Waals surface area contributed by atoms with Gasteiger partial charge in [-0.2, -0.15) is 4.98 Å². The number of aromatic amines is 1. The lowest BCUT2D eigenvalue weighted by molar-refractivity contribution is 0.105. The molecule has 1 aromatic heterocycles. The highest BCUT2D eigenvalue weighted by atomic mass is 16.5. The van der Waals surface area contributed by atoms with E-state index in [0.717, 1.165) is 50.7 Å². The van der Waals surface area contributed by atoms with E-state index in [4.69, 9.17) is 10.5 Å². The molecule has 0 aliphatic carbocycles. The van der Waals surface area contributed by atoms with Gasteiger partial charge in [0, 0.05) is 25.7 Å².